The topological polar surface area (TPSA) is 225 Å². The molecule has 466 valence electrons. The molecule has 3 N–H and O–H groups in total. The predicted octanol–water partition coefficient (Wildman–Crippen LogP) is 9.90. The Kier molecular flexibility index (Phi) is 28.8. The largest absolute Gasteiger partial charge is 0.460 e. The van der Waals surface area contributed by atoms with Crippen LogP contribution in [0.2, 0.25) is 0 Å². The van der Waals surface area contributed by atoms with Crippen molar-refractivity contribution in [2.24, 2.45) is 17.8 Å². The maximum absolute atomic E-state index is 14.3. The molecule has 0 saturated heterocycles. The molecule has 0 aliphatic heterocycles. The molecule has 9 atom stereocenters. The fraction of sp³-hybridized carbons (Fsp3) is 0.524. The van der Waals surface area contributed by atoms with Crippen molar-refractivity contribution in [2.45, 2.75) is 147 Å². The highest BCUT2D eigenvalue weighted by Crippen LogP contribution is 2.44. The number of carbonyl (C=O) groups is 8. The van der Waals surface area contributed by atoms with Gasteiger partial charge in [0.1, 0.15) is 43.5 Å². The Labute approximate surface area is 520 Å². The number of carbonyl (C=O) groups excluding carboxylic acids is 8. The van der Waals surface area contributed by atoms with Gasteiger partial charge < -0.3 is 49.4 Å². The van der Waals surface area contributed by atoms with Crippen molar-refractivity contribution < 1.29 is 62.0 Å². The Balaban J connectivity index is 1.42. The van der Waals surface area contributed by atoms with E-state index in [4.69, 9.17) is 58.5 Å². The van der Waals surface area contributed by atoms with Gasteiger partial charge in [0, 0.05) is 37.9 Å². The van der Waals surface area contributed by atoms with Crippen LogP contribution in [0.3, 0.4) is 0 Å². The number of benzene rings is 3. The fourth-order valence-electron chi connectivity index (χ4n) is 9.64. The lowest BCUT2D eigenvalue weighted by molar-refractivity contribution is -0.154. The third kappa shape index (κ3) is 21.7. The van der Waals surface area contributed by atoms with Crippen molar-refractivity contribution in [1.29, 1.82) is 0 Å². The zero-order valence-corrected chi connectivity index (χ0v) is 54.0. The van der Waals surface area contributed by atoms with Gasteiger partial charge in [-0.2, -0.15) is 0 Å². The van der Waals surface area contributed by atoms with E-state index < -0.39 is 113 Å². The first-order valence-electron chi connectivity index (χ1n) is 28.4. The second kappa shape index (κ2) is 34.3. The number of fused-ring (bicyclic) bond motifs is 3. The summed E-state index contributed by atoms with van der Waals surface area (Å²) in [6.45, 7) is 16.3. The summed E-state index contributed by atoms with van der Waals surface area (Å²) >= 11 is 18.8. The normalized spacial score (nSPS) is 15.7. The molecule has 0 bridgehead atoms. The maximum atomic E-state index is 14.3. The van der Waals surface area contributed by atoms with Crippen LogP contribution in [-0.4, -0.2) is 150 Å². The van der Waals surface area contributed by atoms with Crippen LogP contribution in [0, 0.1) is 17.8 Å². The molecule has 18 nitrogen and oxygen atoms in total. The minimum absolute atomic E-state index is 0.0393. The van der Waals surface area contributed by atoms with E-state index in [-0.39, 0.29) is 55.1 Å². The summed E-state index contributed by atoms with van der Waals surface area (Å²) in [6.07, 6.45) is 2.65. The molecule has 22 heteroatoms. The van der Waals surface area contributed by atoms with Crippen LogP contribution in [-0.2, 0) is 63.7 Å². The number of thioether (sulfide) groups is 1. The minimum atomic E-state index is -1.87. The van der Waals surface area contributed by atoms with Crippen molar-refractivity contribution in [3.05, 3.63) is 119 Å². The number of likely N-dealkylation sites (N-methyl/N-ethyl adjacent to an activating group) is 2. The Bertz CT molecular complexity index is 2790. The van der Waals surface area contributed by atoms with Crippen molar-refractivity contribution in [2.75, 3.05) is 46.0 Å². The number of alkyl carbamates (subject to hydrolysis) is 1. The van der Waals surface area contributed by atoms with Crippen LogP contribution in [0.5, 0.6) is 0 Å². The number of alkyl halides is 3. The molecule has 0 heterocycles. The molecule has 0 aromatic heterocycles. The molecular formula is C63H84Cl3N5O13S. The standard InChI is InChI=1S/C63H84Cl3N5O13S/c1-14-38(5)54(61(78)81-35-63(64,65)66)69-53(72)33-70(11)58(75)50(32-44-23-17-16-18-24-44)71(12)57(74)42(9)67-56(73)52(31-37(3)4)83-59(76)40(7)29-30-51(82-36-85-13)41(8)55(39(6)15-2)84-60(77)43(10)68-62(79)80-34-49-47-27-21-19-25-45(47)46-26-20-22-28-48(46)49/h15-29,37-38,41-43,49-52,54-55H,14,30-36H2,1-13H3,(H,67,73)(H,68,79)(H,69,72)/b39-15+,40-29+/t38-,41-,42-,43+,50+,51-,52+,54-,55+/m0/s1. The first-order valence-corrected chi connectivity index (χ1v) is 31.0. The molecule has 0 saturated carbocycles. The van der Waals surface area contributed by atoms with Crippen LogP contribution >= 0.6 is 46.6 Å². The van der Waals surface area contributed by atoms with E-state index in [2.05, 4.69) is 16.0 Å². The highest BCUT2D eigenvalue weighted by Gasteiger charge is 2.38. The zero-order chi connectivity index (χ0) is 63.3. The number of hydrogen-bond donors (Lipinski definition) is 3. The van der Waals surface area contributed by atoms with Gasteiger partial charge in [-0.3, -0.25) is 19.2 Å². The van der Waals surface area contributed by atoms with Gasteiger partial charge in [-0.25, -0.2) is 19.2 Å². The third-order valence-corrected chi connectivity index (χ3v) is 15.6. The van der Waals surface area contributed by atoms with Crippen LogP contribution < -0.4 is 16.0 Å². The van der Waals surface area contributed by atoms with Gasteiger partial charge in [0.25, 0.3) is 5.91 Å². The second-order valence-electron chi connectivity index (χ2n) is 21.9. The molecule has 1 aliphatic rings. The van der Waals surface area contributed by atoms with Crippen LogP contribution in [0.15, 0.2) is 102 Å². The Hall–Kier alpha value is -6.12. The lowest BCUT2D eigenvalue weighted by Crippen LogP contribution is -2.56. The van der Waals surface area contributed by atoms with Gasteiger partial charge in [0.05, 0.1) is 18.6 Å². The number of ether oxygens (including phenoxy) is 5. The lowest BCUT2D eigenvalue weighted by atomic mass is 9.90. The number of hydrogen-bond acceptors (Lipinski definition) is 14. The van der Waals surface area contributed by atoms with E-state index >= 15 is 0 Å². The number of halogens is 3. The summed E-state index contributed by atoms with van der Waals surface area (Å²) in [7, 11) is 2.81. The van der Waals surface area contributed by atoms with Crippen LogP contribution in [0.25, 0.3) is 11.1 Å². The van der Waals surface area contributed by atoms with Crippen molar-refractivity contribution >= 4 is 94.2 Å². The van der Waals surface area contributed by atoms with Crippen LogP contribution in [0.4, 0.5) is 4.79 Å². The summed E-state index contributed by atoms with van der Waals surface area (Å²) in [4.78, 5) is 112. The van der Waals surface area contributed by atoms with Gasteiger partial charge in [0.15, 0.2) is 6.10 Å². The lowest BCUT2D eigenvalue weighted by Gasteiger charge is -2.33. The number of allylic oxidation sites excluding steroid dienone is 1. The number of esters is 3. The summed E-state index contributed by atoms with van der Waals surface area (Å²) in [5.41, 5.74) is 5.89. The van der Waals surface area contributed by atoms with E-state index in [9.17, 15) is 38.4 Å². The smallest absolute Gasteiger partial charge is 0.407 e. The summed E-state index contributed by atoms with van der Waals surface area (Å²) < 4.78 is 27.2. The van der Waals surface area contributed by atoms with Crippen LogP contribution in [0.1, 0.15) is 111 Å². The number of nitrogens with one attached hydrogen (secondary N) is 3. The van der Waals surface area contributed by atoms with E-state index in [1.165, 1.54) is 44.6 Å². The fourth-order valence-corrected chi connectivity index (χ4v) is 10.1. The molecule has 1 aliphatic carbocycles. The first-order chi connectivity index (χ1) is 40.1. The van der Waals surface area contributed by atoms with Gasteiger partial charge in [-0.1, -0.05) is 167 Å². The molecular weight excluding hydrogens is 1170 g/mol. The minimum Gasteiger partial charge on any atom is -0.460 e. The van der Waals surface area contributed by atoms with Crippen molar-refractivity contribution in [3.63, 3.8) is 0 Å². The number of amides is 5. The average Bonchev–Trinajstić information content (AvgIpc) is 3.02. The first kappa shape index (κ1) is 71.4. The quantitative estimate of drug-likeness (QED) is 0.0136. The molecule has 0 fully saturated rings. The summed E-state index contributed by atoms with van der Waals surface area (Å²) in [6, 6.07) is 20.3. The van der Waals surface area contributed by atoms with Crippen molar-refractivity contribution in [1.82, 2.24) is 25.8 Å². The average molecular weight is 1260 g/mol. The highest BCUT2D eigenvalue weighted by atomic mass is 35.6. The Morgan fingerprint density at radius 3 is 1.92 bits per heavy atom. The molecule has 3 aromatic carbocycles. The molecule has 0 spiro atoms. The third-order valence-electron chi connectivity index (χ3n) is 14.9. The van der Waals surface area contributed by atoms with Gasteiger partial charge in [-0.05, 0) is 98.9 Å². The van der Waals surface area contributed by atoms with Gasteiger partial charge in [-0.15, -0.1) is 11.8 Å². The molecule has 5 amide bonds. The predicted molar refractivity (Wildman–Crippen MR) is 332 cm³/mol. The second-order valence-corrected chi connectivity index (χ2v) is 25.3. The Morgan fingerprint density at radius 2 is 1.35 bits per heavy atom. The van der Waals surface area contributed by atoms with Crippen molar-refractivity contribution in [3.8, 4) is 11.1 Å². The van der Waals surface area contributed by atoms with Gasteiger partial charge >= 0.3 is 24.0 Å². The van der Waals surface area contributed by atoms with E-state index in [1.54, 1.807) is 50.3 Å². The maximum Gasteiger partial charge on any atom is 0.407 e. The monoisotopic (exact) mass is 1260 g/mol. The zero-order valence-electron chi connectivity index (χ0n) is 50.9. The summed E-state index contributed by atoms with van der Waals surface area (Å²) in [5.74, 6) is -5.87. The van der Waals surface area contributed by atoms with E-state index in [0.717, 1.165) is 32.7 Å². The molecule has 0 unspecified atom stereocenters. The molecule has 3 aromatic rings. The molecule has 85 heavy (non-hydrogen) atoms. The van der Waals surface area contributed by atoms with Gasteiger partial charge in [0.2, 0.25) is 21.5 Å². The number of rotatable bonds is 31. The highest BCUT2D eigenvalue weighted by molar-refractivity contribution is 7.98. The number of nitrogens with zero attached hydrogens (tertiary/aromatic N) is 2. The van der Waals surface area contributed by atoms with E-state index in [1.807, 2.05) is 102 Å². The molecule has 0 radical (unpaired) electrons. The summed E-state index contributed by atoms with van der Waals surface area (Å²) in [5, 5.41) is 7.95. The molecule has 4 rings (SSSR count). The van der Waals surface area contributed by atoms with E-state index in [0.29, 0.717) is 12.0 Å². The SMILES string of the molecule is C/C=C(\C)[C@@H](OC(=O)[C@@H](C)NC(=O)OCC1c2ccccc2-c2ccccc21)[C@@H](C)[C@H](C/C=C(\C)C(=O)O[C@H](CC(C)C)C(=O)N[C@@H](C)C(=O)N(C)[C@H](Cc1ccccc1)C(=O)N(C)CC(=O)N[C@H](C(=O)OCC(Cl)(Cl)Cl)[C@@H](C)CC)OCSC. The Morgan fingerprint density at radius 1 is 0.753 bits per heavy atom.